The molecule has 0 rings (SSSR count). The van der Waals surface area contributed by atoms with Crippen LogP contribution in [0.3, 0.4) is 0 Å². The van der Waals surface area contributed by atoms with Crippen molar-refractivity contribution in [3.63, 3.8) is 0 Å². The molecule has 0 aromatic carbocycles. The molecule has 0 aliphatic heterocycles. The van der Waals surface area contributed by atoms with Gasteiger partial charge in [0.2, 0.25) is 0 Å². The van der Waals surface area contributed by atoms with Gasteiger partial charge in [-0.25, -0.2) is 9.59 Å². The van der Waals surface area contributed by atoms with Gasteiger partial charge in [-0.2, -0.15) is 0 Å². The van der Waals surface area contributed by atoms with Gasteiger partial charge >= 0.3 is 12.0 Å². The van der Waals surface area contributed by atoms with Crippen LogP contribution in [-0.2, 0) is 4.79 Å². The van der Waals surface area contributed by atoms with Gasteiger partial charge in [0.05, 0.1) is 0 Å². The van der Waals surface area contributed by atoms with Crippen LogP contribution in [0.2, 0.25) is 0 Å². The van der Waals surface area contributed by atoms with E-state index in [-0.39, 0.29) is 12.0 Å². The van der Waals surface area contributed by atoms with Crippen LogP contribution in [0.15, 0.2) is 0 Å². The summed E-state index contributed by atoms with van der Waals surface area (Å²) in [7, 11) is 0. The monoisotopic (exact) mass is 272 g/mol. The van der Waals surface area contributed by atoms with Gasteiger partial charge in [0, 0.05) is 6.04 Å². The third-order valence-corrected chi connectivity index (χ3v) is 3.09. The molecule has 3 N–H and O–H groups in total. The minimum absolute atomic E-state index is 0.0680. The van der Waals surface area contributed by atoms with Crippen LogP contribution in [0.4, 0.5) is 4.79 Å². The number of carbonyl (C=O) groups is 2. The van der Waals surface area contributed by atoms with E-state index in [1.165, 1.54) is 19.3 Å². The molecule has 19 heavy (non-hydrogen) atoms. The predicted molar refractivity (Wildman–Crippen MR) is 76.2 cm³/mol. The Kier molecular flexibility index (Phi) is 9.00. The van der Waals surface area contributed by atoms with Crippen LogP contribution in [0.25, 0.3) is 0 Å². The van der Waals surface area contributed by atoms with E-state index in [9.17, 15) is 9.59 Å². The largest absolute Gasteiger partial charge is 0.480 e. The number of aliphatic carboxylic acids is 1. The molecule has 0 bridgehead atoms. The second-order valence-electron chi connectivity index (χ2n) is 5.43. The van der Waals surface area contributed by atoms with Gasteiger partial charge in [-0.1, -0.05) is 46.5 Å². The van der Waals surface area contributed by atoms with Crippen LogP contribution in [-0.4, -0.2) is 29.2 Å². The average Bonchev–Trinajstić information content (AvgIpc) is 2.31. The van der Waals surface area contributed by atoms with Gasteiger partial charge in [-0.05, 0) is 19.3 Å². The van der Waals surface area contributed by atoms with Gasteiger partial charge in [0.15, 0.2) is 0 Å². The minimum Gasteiger partial charge on any atom is -0.480 e. The van der Waals surface area contributed by atoms with Crippen LogP contribution < -0.4 is 10.6 Å². The summed E-state index contributed by atoms with van der Waals surface area (Å²) in [5, 5.41) is 14.3. The summed E-state index contributed by atoms with van der Waals surface area (Å²) in [5.74, 6) is -1.14. The molecule has 2 amide bonds. The van der Waals surface area contributed by atoms with Crippen molar-refractivity contribution in [1.29, 1.82) is 0 Å². The maximum Gasteiger partial charge on any atom is 0.326 e. The molecule has 0 aliphatic carbocycles. The molecule has 0 fully saturated rings. The van der Waals surface area contributed by atoms with E-state index in [1.54, 1.807) is 13.8 Å². The Morgan fingerprint density at radius 2 is 1.68 bits per heavy atom. The van der Waals surface area contributed by atoms with Crippen molar-refractivity contribution in [1.82, 2.24) is 10.6 Å². The lowest BCUT2D eigenvalue weighted by Crippen LogP contribution is -2.50. The van der Waals surface area contributed by atoms with Gasteiger partial charge in [-0.3, -0.25) is 0 Å². The van der Waals surface area contributed by atoms with E-state index in [2.05, 4.69) is 17.6 Å². The molecule has 5 nitrogen and oxygen atoms in total. The van der Waals surface area contributed by atoms with E-state index in [0.29, 0.717) is 0 Å². The number of carboxylic acids is 1. The number of hydrogen-bond donors (Lipinski definition) is 3. The van der Waals surface area contributed by atoms with E-state index in [0.717, 1.165) is 12.8 Å². The Bertz CT molecular complexity index is 280. The fourth-order valence-electron chi connectivity index (χ4n) is 1.87. The number of rotatable bonds is 9. The summed E-state index contributed by atoms with van der Waals surface area (Å²) in [4.78, 5) is 22.6. The third-order valence-electron chi connectivity index (χ3n) is 3.09. The normalized spacial score (nSPS) is 13.9. The molecule has 2 unspecified atom stereocenters. The smallest absolute Gasteiger partial charge is 0.326 e. The molecule has 0 heterocycles. The van der Waals surface area contributed by atoms with Crippen LogP contribution >= 0.6 is 0 Å². The number of carbonyl (C=O) groups excluding carboxylic acids is 1. The van der Waals surface area contributed by atoms with Crippen molar-refractivity contribution in [3.05, 3.63) is 0 Å². The molecular formula is C14H28N2O3. The predicted octanol–water partition coefficient (Wildman–Crippen LogP) is 2.75. The van der Waals surface area contributed by atoms with Crippen LogP contribution in [0.1, 0.15) is 59.8 Å². The highest BCUT2D eigenvalue weighted by Gasteiger charge is 2.23. The Hall–Kier alpha value is -1.26. The van der Waals surface area contributed by atoms with Gasteiger partial charge in [-0.15, -0.1) is 0 Å². The third kappa shape index (κ3) is 8.46. The standard InChI is InChI=1S/C14H28N2O3/c1-5-6-7-8-9-11(4)15-14(19)16-12(10(2)3)13(17)18/h10-12H,5-9H2,1-4H3,(H,17,18)(H2,15,16,19). The van der Waals surface area contributed by atoms with Crippen molar-refractivity contribution in [2.24, 2.45) is 5.92 Å². The van der Waals surface area contributed by atoms with Crippen molar-refractivity contribution < 1.29 is 14.7 Å². The van der Waals surface area contributed by atoms with Crippen molar-refractivity contribution in [3.8, 4) is 0 Å². The van der Waals surface area contributed by atoms with Crippen LogP contribution in [0, 0.1) is 5.92 Å². The summed E-state index contributed by atoms with van der Waals surface area (Å²) in [6, 6.07) is -1.17. The molecule has 112 valence electrons. The zero-order chi connectivity index (χ0) is 14.8. The molecular weight excluding hydrogens is 244 g/mol. The number of unbranched alkanes of at least 4 members (excludes halogenated alkanes) is 3. The van der Waals surface area contributed by atoms with Crippen molar-refractivity contribution in [2.75, 3.05) is 0 Å². The first-order valence-electron chi connectivity index (χ1n) is 7.18. The molecule has 0 saturated carbocycles. The summed E-state index contributed by atoms with van der Waals surface area (Å²) >= 11 is 0. The molecule has 0 radical (unpaired) electrons. The van der Waals surface area contributed by atoms with Crippen molar-refractivity contribution >= 4 is 12.0 Å². The zero-order valence-electron chi connectivity index (χ0n) is 12.5. The van der Waals surface area contributed by atoms with E-state index in [1.807, 2.05) is 6.92 Å². The minimum atomic E-state index is -0.999. The first kappa shape index (κ1) is 17.7. The van der Waals surface area contributed by atoms with Gasteiger partial charge in [0.25, 0.3) is 0 Å². The zero-order valence-corrected chi connectivity index (χ0v) is 12.5. The topological polar surface area (TPSA) is 78.4 Å². The lowest BCUT2D eigenvalue weighted by atomic mass is 10.1. The van der Waals surface area contributed by atoms with E-state index in [4.69, 9.17) is 5.11 Å². The molecule has 0 spiro atoms. The molecule has 0 aliphatic rings. The summed E-state index contributed by atoms with van der Waals surface area (Å²) in [6.45, 7) is 7.64. The SMILES string of the molecule is CCCCCCC(C)NC(=O)NC(C(=O)O)C(C)C. The Balaban J connectivity index is 3.98. The van der Waals surface area contributed by atoms with Crippen LogP contribution in [0.5, 0.6) is 0 Å². The van der Waals surface area contributed by atoms with Gasteiger partial charge < -0.3 is 15.7 Å². The average molecular weight is 272 g/mol. The highest BCUT2D eigenvalue weighted by molar-refractivity contribution is 5.82. The fraction of sp³-hybridized carbons (Fsp3) is 0.857. The first-order valence-corrected chi connectivity index (χ1v) is 7.18. The van der Waals surface area contributed by atoms with E-state index < -0.39 is 18.0 Å². The number of carboxylic acid groups (broad SMARTS) is 1. The summed E-state index contributed by atoms with van der Waals surface area (Å²) < 4.78 is 0. The van der Waals surface area contributed by atoms with Gasteiger partial charge in [0.1, 0.15) is 6.04 Å². The quantitative estimate of drug-likeness (QED) is 0.565. The molecule has 2 atom stereocenters. The molecule has 0 aromatic heterocycles. The molecule has 5 heteroatoms. The Morgan fingerprint density at radius 3 is 2.16 bits per heavy atom. The highest BCUT2D eigenvalue weighted by Crippen LogP contribution is 2.05. The number of urea groups is 1. The maximum atomic E-state index is 11.7. The first-order chi connectivity index (χ1) is 8.88. The molecule has 0 saturated heterocycles. The Labute approximate surface area is 116 Å². The number of hydrogen-bond acceptors (Lipinski definition) is 2. The van der Waals surface area contributed by atoms with E-state index >= 15 is 0 Å². The Morgan fingerprint density at radius 1 is 1.05 bits per heavy atom. The lowest BCUT2D eigenvalue weighted by Gasteiger charge is -2.20. The lowest BCUT2D eigenvalue weighted by molar-refractivity contribution is -0.140. The second kappa shape index (κ2) is 9.64. The second-order valence-corrected chi connectivity index (χ2v) is 5.43. The fourth-order valence-corrected chi connectivity index (χ4v) is 1.87. The summed E-state index contributed by atoms with van der Waals surface area (Å²) in [6.07, 6.45) is 5.59. The maximum absolute atomic E-state index is 11.7. The molecule has 0 aromatic rings. The summed E-state index contributed by atoms with van der Waals surface area (Å²) in [5.41, 5.74) is 0. The van der Waals surface area contributed by atoms with Crippen molar-refractivity contribution in [2.45, 2.75) is 71.9 Å². The highest BCUT2D eigenvalue weighted by atomic mass is 16.4. The number of nitrogens with one attached hydrogen (secondary N) is 2. The number of amides is 2.